The molecule has 0 bridgehead atoms. The number of carbonyl (C=O) groups is 1. The average Bonchev–Trinajstić information content (AvgIpc) is 3.38. The van der Waals surface area contributed by atoms with Gasteiger partial charge in [-0.2, -0.15) is 5.10 Å². The molecule has 9 nitrogen and oxygen atoms in total. The normalized spacial score (nSPS) is 12.9. The Bertz CT molecular complexity index is 1020. The number of ether oxygens (including phenoxy) is 1. The Kier molecular flexibility index (Phi) is 5.91. The minimum Gasteiger partial charge on any atom is -0.494 e. The molecule has 3 aromatic rings. The van der Waals surface area contributed by atoms with Gasteiger partial charge >= 0.3 is 5.97 Å². The summed E-state index contributed by atoms with van der Waals surface area (Å²) in [7, 11) is 1.53. The van der Waals surface area contributed by atoms with Gasteiger partial charge in [-0.3, -0.25) is 0 Å². The van der Waals surface area contributed by atoms with Gasteiger partial charge in [-0.05, 0) is 25.0 Å². The first-order chi connectivity index (χ1) is 13.1. The maximum Gasteiger partial charge on any atom is 0.358 e. The third-order valence-electron chi connectivity index (χ3n) is 4.13. The van der Waals surface area contributed by atoms with Crippen LogP contribution in [0.3, 0.4) is 0 Å². The molecule has 0 atom stereocenters. The Hall–Kier alpha value is -2.58. The van der Waals surface area contributed by atoms with E-state index in [1.165, 1.54) is 13.2 Å². The van der Waals surface area contributed by atoms with E-state index in [1.807, 2.05) is 10.7 Å². The first-order valence-corrected chi connectivity index (χ1v) is 8.56. The molecule has 2 aromatic heterocycles. The number of hydrogen-bond donors (Lipinski definition) is 2. The summed E-state index contributed by atoms with van der Waals surface area (Å²) in [6.07, 6.45) is 3.92. The quantitative estimate of drug-likeness (QED) is 0.549. The van der Waals surface area contributed by atoms with Gasteiger partial charge in [0.05, 0.1) is 30.1 Å². The minimum atomic E-state index is -1.22. The van der Waals surface area contributed by atoms with Crippen molar-refractivity contribution in [3.63, 3.8) is 0 Å². The molecular weight excluding hydrogens is 437 g/mol. The number of halogens is 1. The van der Waals surface area contributed by atoms with Crippen LogP contribution in [-0.4, -0.2) is 43.1 Å². The van der Waals surface area contributed by atoms with Gasteiger partial charge in [0.1, 0.15) is 6.33 Å². The van der Waals surface area contributed by atoms with Gasteiger partial charge in [0.15, 0.2) is 22.4 Å². The van der Waals surface area contributed by atoms with E-state index >= 15 is 0 Å². The summed E-state index contributed by atoms with van der Waals surface area (Å²) >= 11 is 5.87. The van der Waals surface area contributed by atoms with Crippen LogP contribution in [-0.2, 0) is 19.5 Å². The topological polar surface area (TPSA) is 115 Å². The predicted molar refractivity (Wildman–Crippen MR) is 97.6 cm³/mol. The van der Waals surface area contributed by atoms with Crippen molar-refractivity contribution < 1.29 is 34.1 Å². The molecule has 11 heteroatoms. The summed E-state index contributed by atoms with van der Waals surface area (Å²) in [5, 5.41) is 24.1. The Morgan fingerprint density at radius 3 is 2.79 bits per heavy atom. The van der Waals surface area contributed by atoms with Crippen molar-refractivity contribution in [1.29, 1.82) is 0 Å². The molecule has 2 N–H and O–H groups in total. The molecule has 0 aliphatic heterocycles. The van der Waals surface area contributed by atoms with Crippen LogP contribution >= 0.6 is 11.6 Å². The average molecular weight is 452 g/mol. The van der Waals surface area contributed by atoms with Gasteiger partial charge in [-0.25, -0.2) is 14.5 Å². The Labute approximate surface area is 177 Å². The molecule has 28 heavy (non-hydrogen) atoms. The van der Waals surface area contributed by atoms with Crippen molar-refractivity contribution >= 4 is 28.9 Å². The molecule has 0 unspecified atom stereocenters. The van der Waals surface area contributed by atoms with Crippen molar-refractivity contribution in [2.45, 2.75) is 18.9 Å². The molecule has 0 spiro atoms. The summed E-state index contributed by atoms with van der Waals surface area (Å²) in [6, 6.07) is 7.20. The minimum absolute atomic E-state index is 0. The third-order valence-corrected chi connectivity index (χ3v) is 4.31. The van der Waals surface area contributed by atoms with Crippen molar-refractivity contribution in [1.82, 2.24) is 25.0 Å². The van der Waals surface area contributed by atoms with E-state index in [0.29, 0.717) is 28.9 Å². The molecule has 0 saturated heterocycles. The number of nitrogens with one attached hydrogen (secondary N) is 1. The SMILES string of the molecule is COc1c(Nc2cc(Cl)nnc2C(=O)O)cccc1-c1ncn(C2CC2)n1.[Zn]. The van der Waals surface area contributed by atoms with Crippen LogP contribution in [0, 0.1) is 0 Å². The summed E-state index contributed by atoms with van der Waals surface area (Å²) in [6.45, 7) is 0. The van der Waals surface area contributed by atoms with E-state index < -0.39 is 5.97 Å². The molecule has 0 amide bonds. The number of para-hydroxylation sites is 1. The van der Waals surface area contributed by atoms with E-state index in [9.17, 15) is 9.90 Å². The number of aromatic carboxylic acids is 1. The molecule has 1 aromatic carbocycles. The first-order valence-electron chi connectivity index (χ1n) is 8.19. The molecule has 1 aliphatic rings. The van der Waals surface area contributed by atoms with Crippen LogP contribution in [0.4, 0.5) is 11.4 Å². The molecule has 1 fully saturated rings. The van der Waals surface area contributed by atoms with Crippen LogP contribution in [0.2, 0.25) is 5.15 Å². The zero-order valence-electron chi connectivity index (χ0n) is 15.0. The van der Waals surface area contributed by atoms with Gasteiger partial charge in [0, 0.05) is 25.5 Å². The number of aromatic nitrogens is 5. The fraction of sp³-hybridized carbons (Fsp3) is 0.235. The van der Waals surface area contributed by atoms with Gasteiger partial charge in [0.25, 0.3) is 0 Å². The molecule has 2 heterocycles. The van der Waals surface area contributed by atoms with Gasteiger partial charge < -0.3 is 15.2 Å². The Balaban J connectivity index is 0.00000225. The first kappa shape index (κ1) is 20.2. The number of anilines is 2. The summed E-state index contributed by atoms with van der Waals surface area (Å²) in [4.78, 5) is 15.8. The Morgan fingerprint density at radius 1 is 1.32 bits per heavy atom. The maximum atomic E-state index is 11.4. The van der Waals surface area contributed by atoms with E-state index in [4.69, 9.17) is 16.3 Å². The van der Waals surface area contributed by atoms with E-state index in [1.54, 1.807) is 18.5 Å². The van der Waals surface area contributed by atoms with Crippen molar-refractivity contribution in [3.8, 4) is 17.1 Å². The molecular formula is C17H15ClN6O3Zn. The molecule has 1 saturated carbocycles. The van der Waals surface area contributed by atoms with Gasteiger partial charge in [-0.15, -0.1) is 10.2 Å². The van der Waals surface area contributed by atoms with Gasteiger partial charge in [0.2, 0.25) is 0 Å². The molecule has 1 aliphatic carbocycles. The van der Waals surface area contributed by atoms with Crippen molar-refractivity contribution in [3.05, 3.63) is 41.4 Å². The molecule has 0 radical (unpaired) electrons. The Morgan fingerprint density at radius 2 is 2.11 bits per heavy atom. The predicted octanol–water partition coefficient (Wildman–Crippen LogP) is 3.17. The van der Waals surface area contributed by atoms with Crippen LogP contribution in [0.1, 0.15) is 29.4 Å². The summed E-state index contributed by atoms with van der Waals surface area (Å²) < 4.78 is 7.40. The largest absolute Gasteiger partial charge is 0.494 e. The zero-order valence-corrected chi connectivity index (χ0v) is 18.7. The van der Waals surface area contributed by atoms with E-state index in [-0.39, 0.29) is 36.0 Å². The van der Waals surface area contributed by atoms with Crippen molar-refractivity contribution in [2.24, 2.45) is 0 Å². The van der Waals surface area contributed by atoms with Crippen molar-refractivity contribution in [2.75, 3.05) is 12.4 Å². The van der Waals surface area contributed by atoms with Gasteiger partial charge in [-0.1, -0.05) is 17.7 Å². The number of benzene rings is 1. The van der Waals surface area contributed by atoms with Crippen LogP contribution in [0.5, 0.6) is 5.75 Å². The van der Waals surface area contributed by atoms with E-state index in [2.05, 4.69) is 25.6 Å². The summed E-state index contributed by atoms with van der Waals surface area (Å²) in [5.74, 6) is -0.205. The number of nitrogens with zero attached hydrogens (tertiary/aromatic N) is 5. The number of methoxy groups -OCH3 is 1. The fourth-order valence-electron chi connectivity index (χ4n) is 2.71. The fourth-order valence-corrected chi connectivity index (χ4v) is 2.86. The number of rotatable bonds is 6. The maximum absolute atomic E-state index is 11.4. The third kappa shape index (κ3) is 3.98. The molecule has 4 rings (SSSR count). The number of hydrogen-bond acceptors (Lipinski definition) is 7. The standard InChI is InChI=1S/C17H15ClN6O3.Zn/c1-27-15-10(16-19-8-24(23-16)9-5-6-9)3-2-4-11(15)20-12-7-13(18)21-22-14(12)17(25)26;/h2-4,7-9H,5-6H2,1H3,(H,20,21)(H,25,26);. The molecule has 140 valence electrons. The van der Waals surface area contributed by atoms with Crippen LogP contribution in [0.25, 0.3) is 11.4 Å². The second kappa shape index (κ2) is 8.20. The zero-order chi connectivity index (χ0) is 19.0. The summed E-state index contributed by atoms with van der Waals surface area (Å²) in [5.41, 5.74) is 1.17. The van der Waals surface area contributed by atoms with Crippen LogP contribution in [0.15, 0.2) is 30.6 Å². The second-order valence-electron chi connectivity index (χ2n) is 6.03. The number of carboxylic acids is 1. The van der Waals surface area contributed by atoms with Crippen LogP contribution < -0.4 is 10.1 Å². The number of carboxylic acid groups (broad SMARTS) is 1. The smallest absolute Gasteiger partial charge is 0.358 e. The second-order valence-corrected chi connectivity index (χ2v) is 6.41. The van der Waals surface area contributed by atoms with E-state index in [0.717, 1.165) is 12.8 Å². The monoisotopic (exact) mass is 450 g/mol.